The maximum atomic E-state index is 10.7. The van der Waals surface area contributed by atoms with E-state index < -0.39 is 5.97 Å². The summed E-state index contributed by atoms with van der Waals surface area (Å²) in [6.45, 7) is 0.888. The minimum Gasteiger partial charge on any atom is -0.481 e. The number of aliphatic carboxylic acids is 1. The van der Waals surface area contributed by atoms with Gasteiger partial charge in [-0.15, -0.1) is 0 Å². The van der Waals surface area contributed by atoms with Gasteiger partial charge in [-0.05, 0) is 25.7 Å². The summed E-state index contributed by atoms with van der Waals surface area (Å²) < 4.78 is 0. The van der Waals surface area contributed by atoms with E-state index in [9.17, 15) is 4.79 Å². The molecule has 2 rings (SSSR count). The van der Waals surface area contributed by atoms with Crippen molar-refractivity contribution in [3.8, 4) is 0 Å². The highest BCUT2D eigenvalue weighted by Crippen LogP contribution is 2.26. The van der Waals surface area contributed by atoms with Crippen molar-refractivity contribution in [2.75, 3.05) is 11.4 Å². The van der Waals surface area contributed by atoms with Gasteiger partial charge in [0.1, 0.15) is 11.0 Å². The molecule has 0 amide bonds. The van der Waals surface area contributed by atoms with Gasteiger partial charge >= 0.3 is 5.97 Å². The van der Waals surface area contributed by atoms with Gasteiger partial charge in [-0.25, -0.2) is 4.98 Å². The third-order valence-corrected chi connectivity index (χ3v) is 3.39. The van der Waals surface area contributed by atoms with E-state index in [0.29, 0.717) is 11.6 Å². The van der Waals surface area contributed by atoms with Crippen molar-refractivity contribution in [1.82, 2.24) is 9.97 Å². The monoisotopic (exact) mass is 269 g/mol. The van der Waals surface area contributed by atoms with Crippen LogP contribution < -0.4 is 4.90 Å². The summed E-state index contributed by atoms with van der Waals surface area (Å²) in [5.74, 6) is -0.00436. The predicted molar refractivity (Wildman–Crippen MR) is 68.9 cm³/mol. The Labute approximate surface area is 111 Å². The number of hydrogen-bond acceptors (Lipinski definition) is 4. The van der Waals surface area contributed by atoms with Crippen LogP contribution in [0.25, 0.3) is 0 Å². The Morgan fingerprint density at radius 2 is 2.33 bits per heavy atom. The standard InChI is InChI=1S/C12H16ClN3O2/c13-10-7-14-8-11(15-10)16-6-2-1-3-9(16)4-5-12(17)18/h7-9H,1-6H2,(H,17,18). The van der Waals surface area contributed by atoms with Gasteiger partial charge in [0.15, 0.2) is 0 Å². The third-order valence-electron chi connectivity index (χ3n) is 3.21. The fourth-order valence-corrected chi connectivity index (χ4v) is 2.51. The molecular formula is C12H16ClN3O2. The zero-order chi connectivity index (χ0) is 13.0. The van der Waals surface area contributed by atoms with Gasteiger partial charge < -0.3 is 10.0 Å². The molecule has 1 aromatic heterocycles. The van der Waals surface area contributed by atoms with Crippen molar-refractivity contribution in [3.63, 3.8) is 0 Å². The molecule has 2 heterocycles. The second kappa shape index (κ2) is 6.00. The van der Waals surface area contributed by atoms with Gasteiger partial charge in [-0.1, -0.05) is 11.6 Å². The lowest BCUT2D eigenvalue weighted by Gasteiger charge is -2.36. The topological polar surface area (TPSA) is 66.3 Å². The summed E-state index contributed by atoms with van der Waals surface area (Å²) in [6.07, 6.45) is 7.25. The molecule has 1 aromatic rings. The van der Waals surface area contributed by atoms with E-state index in [4.69, 9.17) is 16.7 Å². The van der Waals surface area contributed by atoms with E-state index in [1.807, 2.05) is 0 Å². The van der Waals surface area contributed by atoms with Gasteiger partial charge in [0.05, 0.1) is 12.4 Å². The average molecular weight is 270 g/mol. The average Bonchev–Trinajstić information content (AvgIpc) is 2.36. The van der Waals surface area contributed by atoms with E-state index in [2.05, 4.69) is 14.9 Å². The summed E-state index contributed by atoms with van der Waals surface area (Å²) in [7, 11) is 0. The molecule has 1 N–H and O–H groups in total. The first kappa shape index (κ1) is 13.1. The third kappa shape index (κ3) is 3.32. The summed E-state index contributed by atoms with van der Waals surface area (Å²) in [4.78, 5) is 21.1. The second-order valence-electron chi connectivity index (χ2n) is 4.48. The van der Waals surface area contributed by atoms with Crippen molar-refractivity contribution in [1.29, 1.82) is 0 Å². The van der Waals surface area contributed by atoms with Crippen LogP contribution in [0.4, 0.5) is 5.82 Å². The number of rotatable bonds is 4. The number of carbonyl (C=O) groups is 1. The molecule has 98 valence electrons. The molecule has 0 spiro atoms. The number of nitrogens with zero attached hydrogens (tertiary/aromatic N) is 3. The number of aromatic nitrogens is 2. The van der Waals surface area contributed by atoms with Crippen molar-refractivity contribution in [3.05, 3.63) is 17.5 Å². The summed E-state index contributed by atoms with van der Waals surface area (Å²) >= 11 is 5.84. The highest BCUT2D eigenvalue weighted by Gasteiger charge is 2.24. The number of anilines is 1. The van der Waals surface area contributed by atoms with Gasteiger partial charge in [-0.2, -0.15) is 0 Å². The molecule has 0 aliphatic carbocycles. The highest BCUT2D eigenvalue weighted by molar-refractivity contribution is 6.29. The largest absolute Gasteiger partial charge is 0.481 e. The lowest BCUT2D eigenvalue weighted by Crippen LogP contribution is -2.40. The van der Waals surface area contributed by atoms with Crippen LogP contribution in [0.15, 0.2) is 12.4 Å². The quantitative estimate of drug-likeness (QED) is 0.909. The van der Waals surface area contributed by atoms with E-state index in [1.54, 1.807) is 6.20 Å². The number of carboxylic acids is 1. The van der Waals surface area contributed by atoms with Crippen molar-refractivity contribution in [2.24, 2.45) is 0 Å². The maximum absolute atomic E-state index is 10.7. The number of carboxylic acid groups (broad SMARTS) is 1. The van der Waals surface area contributed by atoms with Crippen LogP contribution in [0.3, 0.4) is 0 Å². The molecule has 1 saturated heterocycles. The minimum absolute atomic E-state index is 0.190. The van der Waals surface area contributed by atoms with Crippen LogP contribution in [0.1, 0.15) is 32.1 Å². The van der Waals surface area contributed by atoms with E-state index in [-0.39, 0.29) is 12.5 Å². The molecular weight excluding hydrogens is 254 g/mol. The normalized spacial score (nSPS) is 19.8. The Hall–Kier alpha value is -1.36. The van der Waals surface area contributed by atoms with Gasteiger partial charge in [0.2, 0.25) is 0 Å². The number of hydrogen-bond donors (Lipinski definition) is 1. The number of piperidine rings is 1. The Morgan fingerprint density at radius 1 is 1.50 bits per heavy atom. The van der Waals surface area contributed by atoms with E-state index >= 15 is 0 Å². The zero-order valence-corrected chi connectivity index (χ0v) is 10.8. The minimum atomic E-state index is -0.752. The molecule has 0 aromatic carbocycles. The fourth-order valence-electron chi connectivity index (χ4n) is 2.36. The van der Waals surface area contributed by atoms with Crippen LogP contribution in [-0.2, 0) is 4.79 Å². The molecule has 5 nitrogen and oxygen atoms in total. The first-order valence-electron chi connectivity index (χ1n) is 6.13. The highest BCUT2D eigenvalue weighted by atomic mass is 35.5. The van der Waals surface area contributed by atoms with E-state index in [1.165, 1.54) is 6.20 Å². The Morgan fingerprint density at radius 3 is 3.06 bits per heavy atom. The zero-order valence-electron chi connectivity index (χ0n) is 10.0. The Balaban J connectivity index is 2.09. The summed E-state index contributed by atoms with van der Waals surface area (Å²) in [5, 5.41) is 9.15. The molecule has 0 bridgehead atoms. The maximum Gasteiger partial charge on any atom is 0.303 e. The Bertz CT molecular complexity index is 428. The van der Waals surface area contributed by atoms with Crippen molar-refractivity contribution in [2.45, 2.75) is 38.1 Å². The Kier molecular flexibility index (Phi) is 4.36. The molecule has 6 heteroatoms. The predicted octanol–water partition coefficient (Wildman–Crippen LogP) is 2.35. The van der Waals surface area contributed by atoms with Crippen LogP contribution in [-0.4, -0.2) is 33.6 Å². The van der Waals surface area contributed by atoms with Gasteiger partial charge in [-0.3, -0.25) is 9.78 Å². The first-order chi connectivity index (χ1) is 8.66. The molecule has 18 heavy (non-hydrogen) atoms. The molecule has 1 atom stereocenters. The van der Waals surface area contributed by atoms with Crippen molar-refractivity contribution >= 4 is 23.4 Å². The molecule has 0 saturated carbocycles. The molecule has 1 aliphatic rings. The van der Waals surface area contributed by atoms with Crippen molar-refractivity contribution < 1.29 is 9.90 Å². The number of halogens is 1. The SMILES string of the molecule is O=C(O)CCC1CCCCN1c1cncc(Cl)n1. The second-order valence-corrected chi connectivity index (χ2v) is 4.86. The molecule has 1 fully saturated rings. The lowest BCUT2D eigenvalue weighted by atomic mass is 9.98. The summed E-state index contributed by atoms with van der Waals surface area (Å²) in [5.41, 5.74) is 0. The smallest absolute Gasteiger partial charge is 0.303 e. The molecule has 1 unspecified atom stereocenters. The molecule has 1 aliphatic heterocycles. The van der Waals surface area contributed by atoms with Crippen LogP contribution >= 0.6 is 11.6 Å². The fraction of sp³-hybridized carbons (Fsp3) is 0.583. The van der Waals surface area contributed by atoms with Crippen LogP contribution in [0, 0.1) is 0 Å². The van der Waals surface area contributed by atoms with Crippen LogP contribution in [0.5, 0.6) is 0 Å². The summed E-state index contributed by atoms with van der Waals surface area (Å²) in [6, 6.07) is 0.225. The molecule has 0 radical (unpaired) electrons. The van der Waals surface area contributed by atoms with Crippen LogP contribution in [0.2, 0.25) is 5.15 Å². The van der Waals surface area contributed by atoms with Gasteiger partial charge in [0.25, 0.3) is 0 Å². The van der Waals surface area contributed by atoms with Gasteiger partial charge in [0, 0.05) is 19.0 Å². The van der Waals surface area contributed by atoms with E-state index in [0.717, 1.165) is 31.6 Å². The first-order valence-corrected chi connectivity index (χ1v) is 6.50. The lowest BCUT2D eigenvalue weighted by molar-refractivity contribution is -0.137.